The molecule has 1 aromatic heterocycles. The Balaban J connectivity index is 1.42. The zero-order valence-corrected chi connectivity index (χ0v) is 20.8. The molecule has 194 valence electrons. The molecular weight excluding hydrogens is 473 g/mol. The summed E-state index contributed by atoms with van der Waals surface area (Å²) in [6.07, 6.45) is 2.32. The Labute approximate surface area is 216 Å². The van der Waals surface area contributed by atoms with Crippen molar-refractivity contribution in [1.29, 1.82) is 0 Å². The van der Waals surface area contributed by atoms with Crippen LogP contribution in [0.1, 0.15) is 30.0 Å². The average molecular weight is 506 g/mol. The lowest BCUT2D eigenvalue weighted by Gasteiger charge is -2.35. The molecule has 0 spiro atoms. The van der Waals surface area contributed by atoms with E-state index in [1.165, 1.54) is 19.1 Å². The number of nitrogens with two attached hydrogens (primary N) is 1. The van der Waals surface area contributed by atoms with Crippen molar-refractivity contribution >= 4 is 17.6 Å². The number of ether oxygens (including phenoxy) is 1. The molecule has 4 N–H and O–H groups in total. The molecule has 2 atom stereocenters. The summed E-state index contributed by atoms with van der Waals surface area (Å²) in [4.78, 5) is 31.0. The number of pyridine rings is 1. The van der Waals surface area contributed by atoms with Gasteiger partial charge in [-0.25, -0.2) is 9.37 Å². The first kappa shape index (κ1) is 26.1. The summed E-state index contributed by atoms with van der Waals surface area (Å²) >= 11 is 0. The fraction of sp³-hybridized carbons (Fsp3) is 0.321. The quantitative estimate of drug-likeness (QED) is 0.391. The van der Waals surface area contributed by atoms with E-state index in [9.17, 15) is 14.0 Å². The number of hydrogen-bond donors (Lipinski definition) is 3. The first-order valence-corrected chi connectivity index (χ1v) is 12.3. The van der Waals surface area contributed by atoms with Gasteiger partial charge in [-0.15, -0.1) is 0 Å². The van der Waals surface area contributed by atoms with Crippen LogP contribution in [0.15, 0.2) is 66.9 Å². The number of aromatic nitrogens is 1. The molecule has 1 aliphatic heterocycles. The molecule has 2 aromatic carbocycles. The number of amides is 2. The van der Waals surface area contributed by atoms with Gasteiger partial charge in [0.15, 0.2) is 0 Å². The summed E-state index contributed by atoms with van der Waals surface area (Å²) in [5, 5.41) is 6.21. The highest BCUT2D eigenvalue weighted by Gasteiger charge is 2.31. The fourth-order valence-electron chi connectivity index (χ4n) is 4.56. The SMILES string of the molecule is CC(=O)N[C@@H](Cc1cc(F)cc(OCc2ccnc(N)c2)c1)C[C@@H]1NCCN(Cc2ccccc2)C1=O. The third-order valence-electron chi connectivity index (χ3n) is 6.19. The molecule has 1 fully saturated rings. The Morgan fingerprint density at radius 2 is 2.00 bits per heavy atom. The van der Waals surface area contributed by atoms with Gasteiger partial charge in [0.25, 0.3) is 0 Å². The van der Waals surface area contributed by atoms with E-state index < -0.39 is 11.9 Å². The van der Waals surface area contributed by atoms with Crippen LogP contribution < -0.4 is 21.1 Å². The summed E-state index contributed by atoms with van der Waals surface area (Å²) in [5.41, 5.74) is 8.25. The highest BCUT2D eigenvalue weighted by Crippen LogP contribution is 2.21. The van der Waals surface area contributed by atoms with Gasteiger partial charge in [-0.3, -0.25) is 9.59 Å². The van der Waals surface area contributed by atoms with Crippen LogP contribution in [-0.2, 0) is 29.2 Å². The van der Waals surface area contributed by atoms with Gasteiger partial charge in [0, 0.05) is 44.9 Å². The number of piperazine rings is 1. The summed E-state index contributed by atoms with van der Waals surface area (Å²) in [6.45, 7) is 3.46. The lowest BCUT2D eigenvalue weighted by atomic mass is 9.97. The number of carbonyl (C=O) groups excluding carboxylic acids is 2. The van der Waals surface area contributed by atoms with Crippen molar-refractivity contribution in [2.24, 2.45) is 0 Å². The van der Waals surface area contributed by atoms with Crippen molar-refractivity contribution in [3.05, 3.63) is 89.4 Å². The predicted molar refractivity (Wildman–Crippen MR) is 139 cm³/mol. The van der Waals surface area contributed by atoms with Crippen molar-refractivity contribution in [3.63, 3.8) is 0 Å². The highest BCUT2D eigenvalue weighted by atomic mass is 19.1. The van der Waals surface area contributed by atoms with E-state index in [0.717, 1.165) is 11.1 Å². The largest absolute Gasteiger partial charge is 0.489 e. The Morgan fingerprint density at radius 1 is 1.19 bits per heavy atom. The van der Waals surface area contributed by atoms with Crippen molar-refractivity contribution in [2.45, 2.75) is 45.0 Å². The summed E-state index contributed by atoms with van der Waals surface area (Å²) in [7, 11) is 0. The van der Waals surface area contributed by atoms with Crippen LogP contribution in [0.5, 0.6) is 5.75 Å². The topological polar surface area (TPSA) is 110 Å². The smallest absolute Gasteiger partial charge is 0.240 e. The molecular formula is C28H32FN5O3. The second-order valence-corrected chi connectivity index (χ2v) is 9.26. The van der Waals surface area contributed by atoms with Crippen molar-refractivity contribution < 1.29 is 18.7 Å². The van der Waals surface area contributed by atoms with Crippen LogP contribution in [0.25, 0.3) is 0 Å². The van der Waals surface area contributed by atoms with Gasteiger partial charge in [0.05, 0.1) is 6.04 Å². The molecule has 3 aromatic rings. The lowest BCUT2D eigenvalue weighted by molar-refractivity contribution is -0.137. The van der Waals surface area contributed by atoms with E-state index in [4.69, 9.17) is 10.5 Å². The second-order valence-electron chi connectivity index (χ2n) is 9.26. The van der Waals surface area contributed by atoms with E-state index in [0.29, 0.717) is 49.6 Å². The average Bonchev–Trinajstić information content (AvgIpc) is 2.85. The van der Waals surface area contributed by atoms with Gasteiger partial charge in [0.2, 0.25) is 11.8 Å². The number of benzene rings is 2. The van der Waals surface area contributed by atoms with Crippen LogP contribution in [0.4, 0.5) is 10.2 Å². The number of nitrogen functional groups attached to an aromatic ring is 1. The summed E-state index contributed by atoms with van der Waals surface area (Å²) < 4.78 is 20.2. The molecule has 9 heteroatoms. The van der Waals surface area contributed by atoms with E-state index >= 15 is 0 Å². The molecule has 1 saturated heterocycles. The van der Waals surface area contributed by atoms with Gasteiger partial charge < -0.3 is 26.0 Å². The zero-order chi connectivity index (χ0) is 26.2. The number of carbonyl (C=O) groups is 2. The van der Waals surface area contributed by atoms with Gasteiger partial charge in [0.1, 0.15) is 24.0 Å². The second kappa shape index (κ2) is 12.3. The molecule has 0 aliphatic carbocycles. The number of rotatable bonds is 10. The highest BCUT2D eigenvalue weighted by molar-refractivity contribution is 5.83. The molecule has 2 amide bonds. The number of anilines is 1. The minimum atomic E-state index is -0.448. The van der Waals surface area contributed by atoms with E-state index in [-0.39, 0.29) is 24.5 Å². The number of nitrogens with one attached hydrogen (secondary N) is 2. The molecule has 8 nitrogen and oxygen atoms in total. The molecule has 1 aliphatic rings. The Kier molecular flexibility index (Phi) is 8.68. The summed E-state index contributed by atoms with van der Waals surface area (Å²) in [6, 6.07) is 17.0. The first-order valence-electron chi connectivity index (χ1n) is 12.3. The Hall–Kier alpha value is -3.98. The van der Waals surface area contributed by atoms with Crippen LogP contribution in [0, 0.1) is 5.82 Å². The van der Waals surface area contributed by atoms with Crippen molar-refractivity contribution in [1.82, 2.24) is 20.5 Å². The molecule has 2 heterocycles. The van der Waals surface area contributed by atoms with Crippen LogP contribution in [0.2, 0.25) is 0 Å². The van der Waals surface area contributed by atoms with Gasteiger partial charge in [-0.1, -0.05) is 30.3 Å². The number of nitrogens with zero attached hydrogens (tertiary/aromatic N) is 2. The lowest BCUT2D eigenvalue weighted by Crippen LogP contribution is -2.56. The molecule has 0 unspecified atom stereocenters. The number of hydrogen-bond acceptors (Lipinski definition) is 6. The van der Waals surface area contributed by atoms with E-state index in [1.54, 1.807) is 24.4 Å². The number of halogens is 1. The fourth-order valence-corrected chi connectivity index (χ4v) is 4.56. The zero-order valence-electron chi connectivity index (χ0n) is 20.8. The standard InChI is InChI=1S/C28H32FN5O3/c1-19(35)33-24(16-26-28(36)34(10-9-31-26)17-20-5-3-2-4-6-20)12-22-11-23(29)15-25(13-22)37-18-21-7-8-32-27(30)14-21/h2-8,11,13-15,24,26,31H,9-10,12,16-18H2,1H3,(H2,30,32)(H,33,35)/t24-,26-/m0/s1. The Morgan fingerprint density at radius 3 is 2.76 bits per heavy atom. The van der Waals surface area contributed by atoms with Gasteiger partial charge in [-0.2, -0.15) is 0 Å². The minimum absolute atomic E-state index is 0.00894. The monoisotopic (exact) mass is 505 g/mol. The third-order valence-corrected chi connectivity index (χ3v) is 6.19. The first-order chi connectivity index (χ1) is 17.9. The predicted octanol–water partition coefficient (Wildman–Crippen LogP) is 2.82. The maximum Gasteiger partial charge on any atom is 0.240 e. The van der Waals surface area contributed by atoms with Gasteiger partial charge >= 0.3 is 0 Å². The van der Waals surface area contributed by atoms with Gasteiger partial charge in [-0.05, 0) is 53.8 Å². The maximum absolute atomic E-state index is 14.4. The molecule has 0 bridgehead atoms. The molecule has 0 radical (unpaired) electrons. The van der Waals surface area contributed by atoms with Crippen molar-refractivity contribution in [3.8, 4) is 5.75 Å². The van der Waals surface area contributed by atoms with E-state index in [2.05, 4.69) is 15.6 Å². The van der Waals surface area contributed by atoms with E-state index in [1.807, 2.05) is 35.2 Å². The minimum Gasteiger partial charge on any atom is -0.489 e. The van der Waals surface area contributed by atoms with Crippen LogP contribution in [-0.4, -0.2) is 46.9 Å². The third kappa shape index (κ3) is 7.75. The maximum atomic E-state index is 14.4. The molecule has 37 heavy (non-hydrogen) atoms. The van der Waals surface area contributed by atoms with Crippen LogP contribution >= 0.6 is 0 Å². The van der Waals surface area contributed by atoms with Crippen LogP contribution in [0.3, 0.4) is 0 Å². The van der Waals surface area contributed by atoms with Crippen molar-refractivity contribution in [2.75, 3.05) is 18.8 Å². The normalized spacial score (nSPS) is 16.3. The molecule has 4 rings (SSSR count). The molecule has 0 saturated carbocycles. The summed E-state index contributed by atoms with van der Waals surface area (Å²) in [5.74, 6) is 0.0902. The Bertz CT molecular complexity index is 1220.